The van der Waals surface area contributed by atoms with Gasteiger partial charge in [0.15, 0.2) is 5.16 Å². The summed E-state index contributed by atoms with van der Waals surface area (Å²) in [6.45, 7) is 4.13. The normalized spacial score (nSPS) is 11.2. The molecule has 10 heteroatoms. The Hall–Kier alpha value is -2.26. The van der Waals surface area contributed by atoms with E-state index in [0.717, 1.165) is 10.4 Å². The molecule has 1 aromatic carbocycles. The van der Waals surface area contributed by atoms with E-state index in [4.69, 9.17) is 27.6 Å². The molecule has 4 aromatic rings. The van der Waals surface area contributed by atoms with Crippen LogP contribution in [0, 0.1) is 13.8 Å². The van der Waals surface area contributed by atoms with Crippen LogP contribution >= 0.6 is 46.3 Å². The zero-order valence-corrected chi connectivity index (χ0v) is 19.7. The average Bonchev–Trinajstić information content (AvgIpc) is 3.34. The number of fused-ring (bicyclic) bond motifs is 1. The largest absolute Gasteiger partial charge is 0.467 e. The molecule has 0 aliphatic heterocycles. The highest BCUT2D eigenvalue weighted by molar-refractivity contribution is 7.99. The maximum Gasteiger partial charge on any atom is 0.263 e. The summed E-state index contributed by atoms with van der Waals surface area (Å²) in [7, 11) is 0. The van der Waals surface area contributed by atoms with E-state index in [1.807, 2.05) is 13.8 Å². The lowest BCUT2D eigenvalue weighted by molar-refractivity contribution is -0.113. The van der Waals surface area contributed by atoms with Crippen molar-refractivity contribution < 1.29 is 9.21 Å². The minimum absolute atomic E-state index is 0.0691. The Labute approximate surface area is 196 Å². The molecular formula is C21H17Cl2N3O3S2. The first-order valence-corrected chi connectivity index (χ1v) is 11.8. The number of anilines is 1. The van der Waals surface area contributed by atoms with E-state index in [1.54, 1.807) is 41.2 Å². The molecular weight excluding hydrogens is 477 g/mol. The number of rotatable bonds is 6. The zero-order chi connectivity index (χ0) is 22.1. The molecule has 160 valence electrons. The fourth-order valence-electron chi connectivity index (χ4n) is 3.02. The second kappa shape index (κ2) is 9.08. The maximum absolute atomic E-state index is 13.3. The van der Waals surface area contributed by atoms with Gasteiger partial charge >= 0.3 is 0 Å². The molecule has 3 aromatic heterocycles. The van der Waals surface area contributed by atoms with Gasteiger partial charge in [0.2, 0.25) is 5.91 Å². The summed E-state index contributed by atoms with van der Waals surface area (Å²) in [4.78, 5) is 32.1. The maximum atomic E-state index is 13.3. The number of halogens is 2. The predicted octanol–water partition coefficient (Wildman–Crippen LogP) is 5.75. The van der Waals surface area contributed by atoms with Crippen molar-refractivity contribution in [3.63, 3.8) is 0 Å². The van der Waals surface area contributed by atoms with E-state index in [2.05, 4.69) is 10.3 Å². The van der Waals surface area contributed by atoms with Gasteiger partial charge in [0, 0.05) is 10.6 Å². The molecule has 4 rings (SSSR count). The van der Waals surface area contributed by atoms with Gasteiger partial charge in [0.05, 0.1) is 34.0 Å². The van der Waals surface area contributed by atoms with Crippen molar-refractivity contribution in [1.29, 1.82) is 0 Å². The van der Waals surface area contributed by atoms with Gasteiger partial charge in [-0.2, -0.15) is 0 Å². The molecule has 1 N–H and O–H groups in total. The Morgan fingerprint density at radius 2 is 2.06 bits per heavy atom. The number of carbonyl (C=O) groups is 1. The molecule has 3 heterocycles. The van der Waals surface area contributed by atoms with Gasteiger partial charge in [-0.25, -0.2) is 4.98 Å². The standard InChI is InChI=1S/C21H17Cl2N3O3S2/c1-11-12(2)31-19-18(11)20(28)26(9-14-4-3-7-29-14)21(25-19)30-10-17(27)24-13-5-6-15(22)16(23)8-13/h3-8H,9-10H2,1-2H3,(H,24,27). The van der Waals surface area contributed by atoms with E-state index in [0.29, 0.717) is 36.9 Å². The van der Waals surface area contributed by atoms with Crippen LogP contribution in [0.15, 0.2) is 51.0 Å². The molecule has 1 amide bonds. The van der Waals surface area contributed by atoms with Crippen LogP contribution in [0.25, 0.3) is 10.2 Å². The number of aromatic nitrogens is 2. The van der Waals surface area contributed by atoms with Crippen LogP contribution in [0.2, 0.25) is 10.0 Å². The third kappa shape index (κ3) is 4.67. The summed E-state index contributed by atoms with van der Waals surface area (Å²) in [6, 6.07) is 8.44. The van der Waals surface area contributed by atoms with Crippen LogP contribution in [0.3, 0.4) is 0 Å². The summed E-state index contributed by atoms with van der Waals surface area (Å²) in [5.41, 5.74) is 1.33. The molecule has 0 unspecified atom stereocenters. The summed E-state index contributed by atoms with van der Waals surface area (Å²) in [6.07, 6.45) is 1.56. The predicted molar refractivity (Wildman–Crippen MR) is 127 cm³/mol. The third-order valence-electron chi connectivity index (χ3n) is 4.68. The van der Waals surface area contributed by atoms with Crippen LogP contribution in [-0.4, -0.2) is 21.2 Å². The third-order valence-corrected chi connectivity index (χ3v) is 7.50. The monoisotopic (exact) mass is 493 g/mol. The molecule has 0 fully saturated rings. The van der Waals surface area contributed by atoms with Gasteiger partial charge < -0.3 is 9.73 Å². The molecule has 0 radical (unpaired) electrons. The quantitative estimate of drug-likeness (QED) is 0.273. The van der Waals surface area contributed by atoms with Crippen LogP contribution in [-0.2, 0) is 11.3 Å². The van der Waals surface area contributed by atoms with Gasteiger partial charge in [-0.05, 0) is 49.7 Å². The molecule has 0 saturated heterocycles. The lowest BCUT2D eigenvalue weighted by Gasteiger charge is -2.11. The number of nitrogens with zero attached hydrogens (tertiary/aromatic N) is 2. The number of nitrogens with one attached hydrogen (secondary N) is 1. The van der Waals surface area contributed by atoms with Gasteiger partial charge in [-0.3, -0.25) is 14.2 Å². The second-order valence-corrected chi connectivity index (χ2v) is 9.75. The first kappa shape index (κ1) is 22.0. The van der Waals surface area contributed by atoms with Gasteiger partial charge in [0.25, 0.3) is 5.56 Å². The number of carbonyl (C=O) groups excluding carboxylic acids is 1. The Bertz CT molecular complexity index is 1330. The van der Waals surface area contributed by atoms with Crippen molar-refractivity contribution in [2.45, 2.75) is 25.5 Å². The number of thioether (sulfide) groups is 1. The van der Waals surface area contributed by atoms with Crippen LogP contribution in [0.1, 0.15) is 16.2 Å². The molecule has 0 saturated carbocycles. The molecule has 0 aliphatic carbocycles. The lowest BCUT2D eigenvalue weighted by Crippen LogP contribution is -2.24. The van der Waals surface area contributed by atoms with E-state index in [1.165, 1.54) is 23.1 Å². The molecule has 6 nitrogen and oxygen atoms in total. The zero-order valence-electron chi connectivity index (χ0n) is 16.6. The summed E-state index contributed by atoms with van der Waals surface area (Å²) in [5.74, 6) is 0.454. The smallest absolute Gasteiger partial charge is 0.263 e. The fourth-order valence-corrected chi connectivity index (χ4v) is 5.18. The highest BCUT2D eigenvalue weighted by Crippen LogP contribution is 2.29. The lowest BCUT2D eigenvalue weighted by atomic mass is 10.2. The number of aryl methyl sites for hydroxylation is 2. The van der Waals surface area contributed by atoms with Crippen molar-refractivity contribution >= 4 is 68.1 Å². The van der Waals surface area contributed by atoms with Crippen LogP contribution in [0.5, 0.6) is 0 Å². The van der Waals surface area contributed by atoms with Crippen molar-refractivity contribution in [1.82, 2.24) is 9.55 Å². The summed E-state index contributed by atoms with van der Waals surface area (Å²) >= 11 is 14.6. The van der Waals surface area contributed by atoms with Crippen LogP contribution < -0.4 is 10.9 Å². The first-order chi connectivity index (χ1) is 14.8. The highest BCUT2D eigenvalue weighted by atomic mass is 35.5. The van der Waals surface area contributed by atoms with E-state index in [-0.39, 0.29) is 23.8 Å². The van der Waals surface area contributed by atoms with Gasteiger partial charge in [0.1, 0.15) is 10.6 Å². The minimum Gasteiger partial charge on any atom is -0.467 e. The number of furan rings is 1. The Kier molecular flexibility index (Phi) is 6.43. The fraction of sp³-hybridized carbons (Fsp3) is 0.190. The average molecular weight is 494 g/mol. The van der Waals surface area contributed by atoms with E-state index < -0.39 is 0 Å². The Morgan fingerprint density at radius 1 is 1.26 bits per heavy atom. The molecule has 0 aliphatic rings. The molecule has 0 bridgehead atoms. The molecule has 31 heavy (non-hydrogen) atoms. The Morgan fingerprint density at radius 3 is 2.77 bits per heavy atom. The topological polar surface area (TPSA) is 77.1 Å². The number of benzene rings is 1. The summed E-state index contributed by atoms with van der Waals surface area (Å²) < 4.78 is 6.98. The van der Waals surface area contributed by atoms with Crippen molar-refractivity contribution in [2.24, 2.45) is 0 Å². The van der Waals surface area contributed by atoms with E-state index >= 15 is 0 Å². The van der Waals surface area contributed by atoms with Crippen molar-refractivity contribution in [3.8, 4) is 0 Å². The highest BCUT2D eigenvalue weighted by Gasteiger charge is 2.18. The van der Waals surface area contributed by atoms with E-state index in [9.17, 15) is 9.59 Å². The molecule has 0 atom stereocenters. The Balaban J connectivity index is 1.61. The SMILES string of the molecule is Cc1sc2nc(SCC(=O)Nc3ccc(Cl)c(Cl)c3)n(Cc3ccco3)c(=O)c2c1C. The van der Waals surface area contributed by atoms with Crippen molar-refractivity contribution in [3.05, 3.63) is 73.2 Å². The summed E-state index contributed by atoms with van der Waals surface area (Å²) in [5, 5.41) is 4.61. The minimum atomic E-state index is -0.249. The second-order valence-electron chi connectivity index (χ2n) is 6.79. The number of amides is 1. The first-order valence-electron chi connectivity index (χ1n) is 9.24. The van der Waals surface area contributed by atoms with Gasteiger partial charge in [-0.15, -0.1) is 11.3 Å². The van der Waals surface area contributed by atoms with Crippen molar-refractivity contribution in [2.75, 3.05) is 11.1 Å². The number of thiophene rings is 1. The number of hydrogen-bond donors (Lipinski definition) is 1. The number of hydrogen-bond acceptors (Lipinski definition) is 6. The van der Waals surface area contributed by atoms with Gasteiger partial charge in [-0.1, -0.05) is 35.0 Å². The molecule has 0 spiro atoms. The van der Waals surface area contributed by atoms with Crippen LogP contribution in [0.4, 0.5) is 5.69 Å².